The van der Waals surface area contributed by atoms with Gasteiger partial charge in [-0.25, -0.2) is 9.78 Å². The van der Waals surface area contributed by atoms with Crippen LogP contribution in [0.4, 0.5) is 5.13 Å². The third-order valence-corrected chi connectivity index (χ3v) is 4.34. The minimum absolute atomic E-state index is 0.167. The summed E-state index contributed by atoms with van der Waals surface area (Å²) >= 11 is 1.24. The molecule has 8 nitrogen and oxygen atoms in total. The van der Waals surface area contributed by atoms with E-state index in [4.69, 9.17) is 0 Å². The molecule has 0 saturated heterocycles. The molecule has 3 aromatic rings. The molecule has 3 N–H and O–H groups in total. The first-order valence-corrected chi connectivity index (χ1v) is 8.80. The second-order valence-electron chi connectivity index (χ2n) is 5.43. The van der Waals surface area contributed by atoms with E-state index < -0.39 is 5.97 Å². The Morgan fingerprint density at radius 2 is 2.00 bits per heavy atom. The van der Waals surface area contributed by atoms with E-state index in [1.807, 2.05) is 6.07 Å². The van der Waals surface area contributed by atoms with Gasteiger partial charge < -0.3 is 20.4 Å². The van der Waals surface area contributed by atoms with E-state index in [0.717, 1.165) is 0 Å². The number of aromatic amines is 1. The predicted molar refractivity (Wildman–Crippen MR) is 101 cm³/mol. The number of H-pyrrole nitrogens is 1. The molecule has 0 aliphatic rings. The molecule has 138 valence electrons. The number of carbonyl (C=O) groups excluding carboxylic acids is 3. The summed E-state index contributed by atoms with van der Waals surface area (Å²) in [5.74, 6) is -1.18. The quantitative estimate of drug-likeness (QED) is 0.565. The van der Waals surface area contributed by atoms with Gasteiger partial charge in [0, 0.05) is 22.7 Å². The number of hydrogen-bond donors (Lipinski definition) is 3. The molecule has 0 saturated carbocycles. The largest absolute Gasteiger partial charge is 0.464 e. The van der Waals surface area contributed by atoms with E-state index in [2.05, 4.69) is 25.3 Å². The Morgan fingerprint density at radius 1 is 1.22 bits per heavy atom. The molecule has 1 aromatic carbocycles. The normalized spacial score (nSPS) is 10.3. The van der Waals surface area contributed by atoms with E-state index in [9.17, 15) is 14.4 Å². The van der Waals surface area contributed by atoms with Crippen molar-refractivity contribution in [2.24, 2.45) is 0 Å². The van der Waals surface area contributed by atoms with Crippen LogP contribution in [0.3, 0.4) is 0 Å². The predicted octanol–water partition coefficient (Wildman–Crippen LogP) is 2.29. The number of ether oxygens (including phenoxy) is 1. The monoisotopic (exact) mass is 384 g/mol. The Hall–Kier alpha value is -3.46. The van der Waals surface area contributed by atoms with Crippen LogP contribution in [0.25, 0.3) is 11.3 Å². The van der Waals surface area contributed by atoms with Gasteiger partial charge in [0.15, 0.2) is 5.13 Å². The van der Waals surface area contributed by atoms with Crippen LogP contribution in [0.1, 0.15) is 20.8 Å². The fourth-order valence-corrected chi connectivity index (χ4v) is 2.99. The minimum Gasteiger partial charge on any atom is -0.464 e. The van der Waals surface area contributed by atoms with Gasteiger partial charge in [-0.2, -0.15) is 0 Å². The number of benzene rings is 1. The zero-order valence-corrected chi connectivity index (χ0v) is 15.1. The Labute approximate surface area is 158 Å². The number of hydrogen-bond acceptors (Lipinski definition) is 6. The molecule has 9 heteroatoms. The zero-order valence-electron chi connectivity index (χ0n) is 14.3. The molecule has 2 aromatic heterocycles. The highest BCUT2D eigenvalue weighted by molar-refractivity contribution is 7.14. The van der Waals surface area contributed by atoms with E-state index >= 15 is 0 Å². The molecule has 2 amide bonds. The van der Waals surface area contributed by atoms with Crippen LogP contribution in [0.5, 0.6) is 0 Å². The fraction of sp³-hybridized carbons (Fsp3) is 0.111. The van der Waals surface area contributed by atoms with Crippen molar-refractivity contribution in [2.45, 2.75) is 0 Å². The lowest BCUT2D eigenvalue weighted by Crippen LogP contribution is -2.32. The maximum atomic E-state index is 12.0. The summed E-state index contributed by atoms with van der Waals surface area (Å²) in [5, 5.41) is 7.33. The highest BCUT2D eigenvalue weighted by atomic mass is 32.1. The first kappa shape index (κ1) is 18.3. The average molecular weight is 384 g/mol. The van der Waals surface area contributed by atoms with E-state index in [1.165, 1.54) is 18.4 Å². The van der Waals surface area contributed by atoms with Gasteiger partial charge in [0.05, 0.1) is 19.3 Å². The summed E-state index contributed by atoms with van der Waals surface area (Å²) in [7, 11) is 1.30. The molecule has 0 unspecified atom stereocenters. The lowest BCUT2D eigenvalue weighted by molar-refractivity contribution is -0.115. The molecule has 2 heterocycles. The number of rotatable bonds is 6. The maximum absolute atomic E-state index is 12.0. The SMILES string of the molecule is COC(=O)c1cc(-c2csc(NC(=O)CNC(=O)c3ccccc3)n2)c[nH]1. The Bertz CT molecular complexity index is 965. The third-order valence-electron chi connectivity index (χ3n) is 3.58. The van der Waals surface area contributed by atoms with Gasteiger partial charge in [-0.15, -0.1) is 11.3 Å². The Kier molecular flexibility index (Phi) is 5.62. The molecule has 0 aliphatic carbocycles. The van der Waals surface area contributed by atoms with Gasteiger partial charge in [-0.05, 0) is 18.2 Å². The van der Waals surface area contributed by atoms with Crippen molar-refractivity contribution in [3.63, 3.8) is 0 Å². The van der Waals surface area contributed by atoms with Gasteiger partial charge >= 0.3 is 5.97 Å². The molecule has 0 aliphatic heterocycles. The molecule has 0 spiro atoms. The second kappa shape index (κ2) is 8.28. The lowest BCUT2D eigenvalue weighted by Gasteiger charge is -2.04. The number of esters is 1. The van der Waals surface area contributed by atoms with Crippen LogP contribution >= 0.6 is 11.3 Å². The van der Waals surface area contributed by atoms with Crippen LogP contribution in [-0.2, 0) is 9.53 Å². The lowest BCUT2D eigenvalue weighted by atomic mass is 10.2. The van der Waals surface area contributed by atoms with Crippen molar-refractivity contribution < 1.29 is 19.1 Å². The van der Waals surface area contributed by atoms with Crippen molar-refractivity contribution >= 4 is 34.3 Å². The van der Waals surface area contributed by atoms with Crippen molar-refractivity contribution in [3.05, 3.63) is 59.2 Å². The molecule has 3 rings (SSSR count). The highest BCUT2D eigenvalue weighted by Crippen LogP contribution is 2.25. The van der Waals surface area contributed by atoms with E-state index in [-0.39, 0.29) is 18.4 Å². The average Bonchev–Trinajstić information content (AvgIpc) is 3.35. The fourth-order valence-electron chi connectivity index (χ4n) is 2.25. The van der Waals surface area contributed by atoms with Gasteiger partial charge in [0.2, 0.25) is 5.91 Å². The van der Waals surface area contributed by atoms with Crippen molar-refractivity contribution in [1.82, 2.24) is 15.3 Å². The highest BCUT2D eigenvalue weighted by Gasteiger charge is 2.13. The number of methoxy groups -OCH3 is 1. The molecule has 0 atom stereocenters. The smallest absolute Gasteiger partial charge is 0.354 e. The number of carbonyl (C=O) groups is 3. The standard InChI is InChI=1S/C18H16N4O4S/c1-26-17(25)13-7-12(8-19-13)14-10-27-18(21-14)22-15(23)9-20-16(24)11-5-3-2-4-6-11/h2-8,10,19H,9H2,1H3,(H,20,24)(H,21,22,23). The summed E-state index contributed by atoms with van der Waals surface area (Å²) in [6.45, 7) is -0.167. The Morgan fingerprint density at radius 3 is 2.74 bits per heavy atom. The number of thiazole rings is 1. The van der Waals surface area contributed by atoms with Crippen LogP contribution < -0.4 is 10.6 Å². The first-order chi connectivity index (χ1) is 13.1. The zero-order chi connectivity index (χ0) is 19.2. The molecule has 0 radical (unpaired) electrons. The topological polar surface area (TPSA) is 113 Å². The maximum Gasteiger partial charge on any atom is 0.354 e. The minimum atomic E-state index is -0.473. The summed E-state index contributed by atoms with van der Waals surface area (Å²) in [6, 6.07) is 10.3. The van der Waals surface area contributed by atoms with Gasteiger partial charge in [0.1, 0.15) is 5.69 Å². The number of nitrogens with zero attached hydrogens (tertiary/aromatic N) is 1. The van der Waals surface area contributed by atoms with Crippen molar-refractivity contribution in [1.29, 1.82) is 0 Å². The summed E-state index contributed by atoms with van der Waals surface area (Å²) in [4.78, 5) is 42.5. The number of anilines is 1. The Balaban J connectivity index is 1.56. The number of amides is 2. The first-order valence-electron chi connectivity index (χ1n) is 7.92. The summed E-state index contributed by atoms with van der Waals surface area (Å²) in [5.41, 5.74) is 2.10. The van der Waals surface area contributed by atoms with Gasteiger partial charge in [-0.3, -0.25) is 9.59 Å². The summed E-state index contributed by atoms with van der Waals surface area (Å²) < 4.78 is 4.64. The molecule has 0 fully saturated rings. The van der Waals surface area contributed by atoms with Crippen molar-refractivity contribution in [3.8, 4) is 11.3 Å². The number of nitrogens with one attached hydrogen (secondary N) is 3. The molecule has 27 heavy (non-hydrogen) atoms. The van der Waals surface area contributed by atoms with Gasteiger partial charge in [-0.1, -0.05) is 18.2 Å². The molecule has 0 bridgehead atoms. The van der Waals surface area contributed by atoms with Gasteiger partial charge in [0.25, 0.3) is 5.91 Å². The van der Waals surface area contributed by atoms with Crippen LogP contribution in [0.2, 0.25) is 0 Å². The van der Waals surface area contributed by atoms with E-state index in [1.54, 1.807) is 41.9 Å². The van der Waals surface area contributed by atoms with E-state index in [0.29, 0.717) is 27.6 Å². The van der Waals surface area contributed by atoms with Crippen LogP contribution in [0.15, 0.2) is 48.0 Å². The molecular weight excluding hydrogens is 368 g/mol. The van der Waals surface area contributed by atoms with Crippen molar-refractivity contribution in [2.75, 3.05) is 19.0 Å². The van der Waals surface area contributed by atoms with Crippen LogP contribution in [0, 0.1) is 0 Å². The number of aromatic nitrogens is 2. The summed E-state index contributed by atoms with van der Waals surface area (Å²) in [6.07, 6.45) is 1.63. The molecular formula is C18H16N4O4S. The third kappa shape index (κ3) is 4.59. The van der Waals surface area contributed by atoms with Crippen LogP contribution in [-0.4, -0.2) is 41.4 Å². The second-order valence-corrected chi connectivity index (χ2v) is 6.29.